The third kappa shape index (κ3) is 4.10. The molecule has 7 heteroatoms. The van der Waals surface area contributed by atoms with Crippen molar-refractivity contribution >= 4 is 40.0 Å². The third-order valence-electron chi connectivity index (χ3n) is 2.53. The molecule has 0 aliphatic carbocycles. The van der Waals surface area contributed by atoms with Crippen molar-refractivity contribution < 1.29 is 22.7 Å². The van der Waals surface area contributed by atoms with Gasteiger partial charge in [0.05, 0.1) is 5.56 Å². The average molecular weight is 427 g/mol. The van der Waals surface area contributed by atoms with Gasteiger partial charge in [0.2, 0.25) is 0 Å². The van der Waals surface area contributed by atoms with Gasteiger partial charge in [-0.05, 0) is 52.9 Å². The first kappa shape index (κ1) is 16.1. The molecule has 2 aromatic rings. The van der Waals surface area contributed by atoms with Crippen LogP contribution in [0.1, 0.15) is 15.9 Å². The summed E-state index contributed by atoms with van der Waals surface area (Å²) in [5.41, 5.74) is 0.0522. The van der Waals surface area contributed by atoms with Gasteiger partial charge in [-0.1, -0.05) is 23.7 Å². The molecule has 0 heterocycles. The number of carbonyl (C=O) groups excluding carboxylic acids is 1. The lowest BCUT2D eigenvalue weighted by Gasteiger charge is -2.13. The Labute approximate surface area is 137 Å². The fourth-order valence-electron chi connectivity index (χ4n) is 1.68. The highest BCUT2D eigenvalue weighted by atomic mass is 127. The van der Waals surface area contributed by atoms with Gasteiger partial charge < -0.3 is 4.74 Å². The first-order chi connectivity index (χ1) is 9.78. The molecule has 0 atom stereocenters. The van der Waals surface area contributed by atoms with Gasteiger partial charge in [0.15, 0.2) is 5.78 Å². The summed E-state index contributed by atoms with van der Waals surface area (Å²) in [7, 11) is 0. The quantitative estimate of drug-likeness (QED) is 0.506. The number of hydrogen-bond donors (Lipinski definition) is 0. The van der Waals surface area contributed by atoms with Gasteiger partial charge in [0, 0.05) is 14.2 Å². The number of rotatable bonds is 3. The van der Waals surface area contributed by atoms with Crippen molar-refractivity contribution in [1.29, 1.82) is 0 Å². The number of ether oxygens (including phenoxy) is 1. The Morgan fingerprint density at radius 1 is 1.10 bits per heavy atom. The lowest BCUT2D eigenvalue weighted by atomic mass is 10.0. The van der Waals surface area contributed by atoms with E-state index in [1.165, 1.54) is 24.3 Å². The molecule has 2 aromatic carbocycles. The van der Waals surface area contributed by atoms with Gasteiger partial charge in [-0.15, -0.1) is 13.2 Å². The molecule has 21 heavy (non-hydrogen) atoms. The summed E-state index contributed by atoms with van der Waals surface area (Å²) >= 11 is 7.74. The van der Waals surface area contributed by atoms with Crippen molar-refractivity contribution in [2.24, 2.45) is 0 Å². The van der Waals surface area contributed by atoms with Crippen LogP contribution in [-0.4, -0.2) is 12.1 Å². The maximum Gasteiger partial charge on any atom is 0.573 e. The minimum Gasteiger partial charge on any atom is -0.405 e. The summed E-state index contributed by atoms with van der Waals surface area (Å²) in [6, 6.07) is 9.82. The monoisotopic (exact) mass is 426 g/mol. The summed E-state index contributed by atoms with van der Waals surface area (Å²) in [5, 5.41) is 0.327. The summed E-state index contributed by atoms with van der Waals surface area (Å²) in [6.45, 7) is 0. The predicted molar refractivity (Wildman–Crippen MR) is 80.7 cm³/mol. The highest BCUT2D eigenvalue weighted by Crippen LogP contribution is 2.29. The summed E-state index contributed by atoms with van der Waals surface area (Å²) in [4.78, 5) is 12.4. The molecule has 2 nitrogen and oxygen atoms in total. The second kappa shape index (κ2) is 6.23. The molecule has 0 spiro atoms. The van der Waals surface area contributed by atoms with E-state index < -0.39 is 17.9 Å². The van der Waals surface area contributed by atoms with Crippen LogP contribution in [0.25, 0.3) is 0 Å². The lowest BCUT2D eigenvalue weighted by Crippen LogP contribution is -2.19. The number of para-hydroxylation sites is 1. The standard InChI is InChI=1S/C14H7ClF3IO2/c15-8-5-6-11(19)10(7-8)13(20)9-3-1-2-4-12(9)21-14(16,17)18/h1-7H. The van der Waals surface area contributed by atoms with Gasteiger partial charge >= 0.3 is 6.36 Å². The Morgan fingerprint density at radius 2 is 1.76 bits per heavy atom. The predicted octanol–water partition coefficient (Wildman–Crippen LogP) is 5.07. The van der Waals surface area contributed by atoms with Crippen LogP contribution in [0.2, 0.25) is 5.02 Å². The van der Waals surface area contributed by atoms with E-state index in [0.717, 1.165) is 6.07 Å². The van der Waals surface area contributed by atoms with Gasteiger partial charge in [0.1, 0.15) is 5.75 Å². The van der Waals surface area contributed by atoms with Crippen LogP contribution in [-0.2, 0) is 0 Å². The maximum absolute atomic E-state index is 12.4. The normalized spacial score (nSPS) is 11.3. The zero-order valence-corrected chi connectivity index (χ0v) is 13.2. The number of hydrogen-bond acceptors (Lipinski definition) is 2. The summed E-state index contributed by atoms with van der Waals surface area (Å²) in [5.74, 6) is -1.12. The van der Waals surface area contributed by atoms with E-state index in [1.807, 2.05) is 22.6 Å². The number of carbonyl (C=O) groups is 1. The van der Waals surface area contributed by atoms with E-state index in [9.17, 15) is 18.0 Å². The number of ketones is 1. The van der Waals surface area contributed by atoms with Crippen LogP contribution in [0, 0.1) is 3.57 Å². The fourth-order valence-corrected chi connectivity index (χ4v) is 2.44. The van der Waals surface area contributed by atoms with Crippen LogP contribution in [0.3, 0.4) is 0 Å². The van der Waals surface area contributed by atoms with Crippen molar-refractivity contribution in [2.45, 2.75) is 6.36 Å². The molecular formula is C14H7ClF3IO2. The van der Waals surface area contributed by atoms with E-state index in [2.05, 4.69) is 4.74 Å². The lowest BCUT2D eigenvalue weighted by molar-refractivity contribution is -0.274. The minimum absolute atomic E-state index is 0.171. The van der Waals surface area contributed by atoms with E-state index >= 15 is 0 Å². The number of halogens is 5. The molecule has 0 bridgehead atoms. The van der Waals surface area contributed by atoms with Crippen LogP contribution in [0.5, 0.6) is 5.75 Å². The molecule has 0 aromatic heterocycles. The van der Waals surface area contributed by atoms with Gasteiger partial charge in [-0.25, -0.2) is 0 Å². The van der Waals surface area contributed by atoms with E-state index in [1.54, 1.807) is 12.1 Å². The Balaban J connectivity index is 2.46. The molecular weight excluding hydrogens is 420 g/mol. The Bertz CT molecular complexity index is 686. The first-order valence-corrected chi connectivity index (χ1v) is 7.08. The smallest absolute Gasteiger partial charge is 0.405 e. The third-order valence-corrected chi connectivity index (χ3v) is 3.71. The van der Waals surface area contributed by atoms with Crippen molar-refractivity contribution in [1.82, 2.24) is 0 Å². The van der Waals surface area contributed by atoms with Crippen LogP contribution < -0.4 is 4.74 Å². The molecule has 0 fully saturated rings. The van der Waals surface area contributed by atoms with E-state index in [4.69, 9.17) is 11.6 Å². The molecule has 2 rings (SSSR count). The number of benzene rings is 2. The molecule has 0 amide bonds. The van der Waals surface area contributed by atoms with Gasteiger partial charge in [-0.3, -0.25) is 4.79 Å². The largest absolute Gasteiger partial charge is 0.573 e. The van der Waals surface area contributed by atoms with E-state index in [0.29, 0.717) is 8.59 Å². The Hall–Kier alpha value is -1.28. The molecule has 0 N–H and O–H groups in total. The molecule has 0 unspecified atom stereocenters. The zero-order valence-electron chi connectivity index (χ0n) is 10.2. The van der Waals surface area contributed by atoms with Crippen LogP contribution >= 0.6 is 34.2 Å². The van der Waals surface area contributed by atoms with Gasteiger partial charge in [0.25, 0.3) is 0 Å². The van der Waals surface area contributed by atoms with Crippen molar-refractivity contribution in [3.8, 4) is 5.75 Å². The Morgan fingerprint density at radius 3 is 2.43 bits per heavy atom. The second-order valence-corrected chi connectivity index (χ2v) is 5.60. The van der Waals surface area contributed by atoms with Crippen molar-refractivity contribution in [3.05, 3.63) is 62.2 Å². The Kier molecular flexibility index (Phi) is 4.77. The summed E-state index contributed by atoms with van der Waals surface area (Å²) < 4.78 is 41.6. The van der Waals surface area contributed by atoms with Crippen LogP contribution in [0.15, 0.2) is 42.5 Å². The molecule has 0 saturated carbocycles. The SMILES string of the molecule is O=C(c1cc(Cl)ccc1I)c1ccccc1OC(F)(F)F. The zero-order chi connectivity index (χ0) is 15.6. The van der Waals surface area contributed by atoms with Gasteiger partial charge in [-0.2, -0.15) is 0 Å². The second-order valence-electron chi connectivity index (χ2n) is 4.00. The maximum atomic E-state index is 12.4. The first-order valence-electron chi connectivity index (χ1n) is 5.62. The highest BCUT2D eigenvalue weighted by molar-refractivity contribution is 14.1. The molecule has 0 radical (unpaired) electrons. The minimum atomic E-state index is -4.86. The number of alkyl halides is 3. The fraction of sp³-hybridized carbons (Fsp3) is 0.0714. The molecule has 0 saturated heterocycles. The van der Waals surface area contributed by atoms with Crippen LogP contribution in [0.4, 0.5) is 13.2 Å². The molecule has 110 valence electrons. The molecule has 0 aliphatic rings. The van der Waals surface area contributed by atoms with Crippen molar-refractivity contribution in [3.63, 3.8) is 0 Å². The topological polar surface area (TPSA) is 26.3 Å². The average Bonchev–Trinajstić information content (AvgIpc) is 2.39. The highest BCUT2D eigenvalue weighted by Gasteiger charge is 2.33. The molecule has 0 aliphatic heterocycles. The summed E-state index contributed by atoms with van der Waals surface area (Å²) in [6.07, 6.45) is -4.86. The van der Waals surface area contributed by atoms with E-state index in [-0.39, 0.29) is 11.1 Å². The van der Waals surface area contributed by atoms with Crippen molar-refractivity contribution in [2.75, 3.05) is 0 Å².